The van der Waals surface area contributed by atoms with E-state index in [1.807, 2.05) is 62.4 Å². The first kappa shape index (κ1) is 18.9. The average Bonchev–Trinajstić information content (AvgIpc) is 2.65. The normalized spacial score (nSPS) is 10.5. The summed E-state index contributed by atoms with van der Waals surface area (Å²) in [7, 11) is 0. The third-order valence-electron chi connectivity index (χ3n) is 4.09. The molecular formula is C21H21ClN4O. The van der Waals surface area contributed by atoms with Crippen molar-refractivity contribution in [1.82, 2.24) is 9.97 Å². The second kappa shape index (κ2) is 8.64. The Hall–Kier alpha value is -2.92. The lowest BCUT2D eigenvalue weighted by atomic mass is 10.1. The molecule has 0 aliphatic carbocycles. The summed E-state index contributed by atoms with van der Waals surface area (Å²) in [6, 6.07) is 17.0. The van der Waals surface area contributed by atoms with Crippen molar-refractivity contribution in [3.05, 3.63) is 82.1 Å². The predicted molar refractivity (Wildman–Crippen MR) is 110 cm³/mol. The molecule has 0 spiro atoms. The number of aryl methyl sites for hydroxylation is 2. The number of carbonyl (C=O) groups excluding carboxylic acids is 1. The van der Waals surface area contributed by atoms with Crippen LogP contribution in [0.5, 0.6) is 0 Å². The molecule has 0 saturated carbocycles. The van der Waals surface area contributed by atoms with Gasteiger partial charge in [0.2, 0.25) is 5.95 Å². The van der Waals surface area contributed by atoms with Gasteiger partial charge in [-0.1, -0.05) is 41.9 Å². The van der Waals surface area contributed by atoms with Crippen LogP contribution in [0.15, 0.2) is 54.6 Å². The van der Waals surface area contributed by atoms with E-state index in [-0.39, 0.29) is 5.91 Å². The summed E-state index contributed by atoms with van der Waals surface area (Å²) < 4.78 is 0. The summed E-state index contributed by atoms with van der Waals surface area (Å²) in [6.45, 7) is 4.45. The smallest absolute Gasteiger partial charge is 0.274 e. The van der Waals surface area contributed by atoms with Crippen LogP contribution in [0, 0.1) is 13.8 Å². The number of halogens is 1. The van der Waals surface area contributed by atoms with Gasteiger partial charge in [-0.2, -0.15) is 0 Å². The summed E-state index contributed by atoms with van der Waals surface area (Å²) in [4.78, 5) is 21.3. The van der Waals surface area contributed by atoms with Crippen LogP contribution in [-0.4, -0.2) is 22.4 Å². The van der Waals surface area contributed by atoms with Crippen molar-refractivity contribution < 1.29 is 4.79 Å². The Kier molecular flexibility index (Phi) is 6.04. The van der Waals surface area contributed by atoms with Gasteiger partial charge in [-0.15, -0.1) is 0 Å². The van der Waals surface area contributed by atoms with E-state index in [2.05, 4.69) is 20.6 Å². The summed E-state index contributed by atoms with van der Waals surface area (Å²) in [5.41, 5.74) is 4.00. The Bertz CT molecular complexity index is 941. The molecule has 1 aromatic heterocycles. The lowest BCUT2D eigenvalue weighted by Crippen LogP contribution is -2.17. The summed E-state index contributed by atoms with van der Waals surface area (Å²) >= 11 is 5.90. The number of anilines is 2. The molecule has 1 heterocycles. The van der Waals surface area contributed by atoms with Gasteiger partial charge in [-0.05, 0) is 55.7 Å². The van der Waals surface area contributed by atoms with Gasteiger partial charge in [-0.25, -0.2) is 9.97 Å². The fourth-order valence-corrected chi connectivity index (χ4v) is 2.76. The lowest BCUT2D eigenvalue weighted by molar-refractivity contribution is 0.102. The van der Waals surface area contributed by atoms with E-state index < -0.39 is 0 Å². The van der Waals surface area contributed by atoms with Gasteiger partial charge in [-0.3, -0.25) is 4.79 Å². The van der Waals surface area contributed by atoms with E-state index in [0.717, 1.165) is 34.0 Å². The van der Waals surface area contributed by atoms with Crippen molar-refractivity contribution in [2.75, 3.05) is 17.2 Å². The number of carbonyl (C=O) groups is 1. The van der Waals surface area contributed by atoms with Crippen molar-refractivity contribution in [1.29, 1.82) is 0 Å². The third-order valence-corrected chi connectivity index (χ3v) is 4.34. The van der Waals surface area contributed by atoms with Crippen LogP contribution in [-0.2, 0) is 6.42 Å². The Morgan fingerprint density at radius 3 is 2.52 bits per heavy atom. The SMILES string of the molecule is Cc1cc(C(=O)Nc2ccccc2C)nc(NCCc2ccc(Cl)cc2)n1. The van der Waals surface area contributed by atoms with Gasteiger partial charge in [0.25, 0.3) is 5.91 Å². The highest BCUT2D eigenvalue weighted by Gasteiger charge is 2.12. The monoisotopic (exact) mass is 380 g/mol. The second-order valence-corrected chi connectivity index (χ2v) is 6.73. The highest BCUT2D eigenvalue weighted by molar-refractivity contribution is 6.30. The quantitative estimate of drug-likeness (QED) is 0.653. The maximum atomic E-state index is 12.6. The van der Waals surface area contributed by atoms with Crippen LogP contribution in [0.2, 0.25) is 5.02 Å². The number of nitrogens with one attached hydrogen (secondary N) is 2. The zero-order valence-corrected chi connectivity index (χ0v) is 16.0. The van der Waals surface area contributed by atoms with Crippen molar-refractivity contribution >= 4 is 29.1 Å². The zero-order valence-electron chi connectivity index (χ0n) is 15.3. The van der Waals surface area contributed by atoms with Gasteiger partial charge < -0.3 is 10.6 Å². The minimum absolute atomic E-state index is 0.254. The first-order valence-corrected chi connectivity index (χ1v) is 9.10. The number of nitrogens with zero attached hydrogens (tertiary/aromatic N) is 2. The predicted octanol–water partition coefficient (Wildman–Crippen LogP) is 4.65. The van der Waals surface area contributed by atoms with E-state index in [1.165, 1.54) is 0 Å². The van der Waals surface area contributed by atoms with E-state index in [1.54, 1.807) is 6.07 Å². The molecule has 5 nitrogen and oxygen atoms in total. The van der Waals surface area contributed by atoms with Crippen LogP contribution >= 0.6 is 11.6 Å². The van der Waals surface area contributed by atoms with E-state index in [0.29, 0.717) is 18.2 Å². The lowest BCUT2D eigenvalue weighted by Gasteiger charge is -2.10. The molecule has 0 radical (unpaired) electrons. The van der Waals surface area contributed by atoms with Crippen LogP contribution in [0.1, 0.15) is 27.3 Å². The number of para-hydroxylation sites is 1. The molecule has 138 valence electrons. The number of hydrogen-bond acceptors (Lipinski definition) is 4. The molecule has 3 rings (SSSR count). The number of benzene rings is 2. The van der Waals surface area contributed by atoms with Crippen LogP contribution in [0.25, 0.3) is 0 Å². The first-order chi connectivity index (χ1) is 13.0. The summed E-state index contributed by atoms with van der Waals surface area (Å²) in [5.74, 6) is 0.189. The van der Waals surface area contributed by atoms with Gasteiger partial charge in [0.05, 0.1) is 0 Å². The maximum Gasteiger partial charge on any atom is 0.274 e. The van der Waals surface area contributed by atoms with E-state index in [4.69, 9.17) is 11.6 Å². The van der Waals surface area contributed by atoms with E-state index >= 15 is 0 Å². The Morgan fingerprint density at radius 1 is 1.04 bits per heavy atom. The molecule has 6 heteroatoms. The number of rotatable bonds is 6. The minimum Gasteiger partial charge on any atom is -0.354 e. The molecule has 0 atom stereocenters. The number of hydrogen-bond donors (Lipinski definition) is 2. The molecule has 0 fully saturated rings. The van der Waals surface area contributed by atoms with Crippen LogP contribution in [0.3, 0.4) is 0 Å². The third kappa shape index (κ3) is 5.28. The first-order valence-electron chi connectivity index (χ1n) is 8.72. The number of amides is 1. The van der Waals surface area contributed by atoms with Gasteiger partial charge >= 0.3 is 0 Å². The Morgan fingerprint density at radius 2 is 1.78 bits per heavy atom. The molecule has 0 unspecified atom stereocenters. The van der Waals surface area contributed by atoms with Crippen LogP contribution in [0.4, 0.5) is 11.6 Å². The molecule has 0 bridgehead atoms. The average molecular weight is 381 g/mol. The Balaban J connectivity index is 1.65. The van der Waals surface area contributed by atoms with Crippen molar-refractivity contribution in [2.24, 2.45) is 0 Å². The van der Waals surface area contributed by atoms with E-state index in [9.17, 15) is 4.79 Å². The molecule has 2 N–H and O–H groups in total. The maximum absolute atomic E-state index is 12.6. The van der Waals surface area contributed by atoms with Gasteiger partial charge in [0.15, 0.2) is 0 Å². The van der Waals surface area contributed by atoms with Crippen molar-refractivity contribution in [3.63, 3.8) is 0 Å². The molecule has 27 heavy (non-hydrogen) atoms. The van der Waals surface area contributed by atoms with Crippen LogP contribution < -0.4 is 10.6 Å². The highest BCUT2D eigenvalue weighted by atomic mass is 35.5. The topological polar surface area (TPSA) is 66.9 Å². The molecule has 0 aliphatic heterocycles. The van der Waals surface area contributed by atoms with Gasteiger partial charge in [0.1, 0.15) is 5.69 Å². The fourth-order valence-electron chi connectivity index (χ4n) is 2.63. The van der Waals surface area contributed by atoms with Gasteiger partial charge in [0, 0.05) is 22.9 Å². The highest BCUT2D eigenvalue weighted by Crippen LogP contribution is 2.15. The molecule has 0 aliphatic rings. The summed E-state index contributed by atoms with van der Waals surface area (Å²) in [6.07, 6.45) is 0.805. The summed E-state index contributed by atoms with van der Waals surface area (Å²) in [5, 5.41) is 6.80. The Labute approximate surface area is 163 Å². The molecular weight excluding hydrogens is 360 g/mol. The molecule has 2 aromatic carbocycles. The minimum atomic E-state index is -0.254. The fraction of sp³-hybridized carbons (Fsp3) is 0.190. The molecule has 3 aromatic rings. The van der Waals surface area contributed by atoms with Crippen molar-refractivity contribution in [2.45, 2.75) is 20.3 Å². The molecule has 0 saturated heterocycles. The van der Waals surface area contributed by atoms with Crippen molar-refractivity contribution in [3.8, 4) is 0 Å². The number of aromatic nitrogens is 2. The largest absolute Gasteiger partial charge is 0.354 e. The second-order valence-electron chi connectivity index (χ2n) is 6.29. The standard InChI is InChI=1S/C21H21ClN4O/c1-14-5-3-4-6-18(14)25-20(27)19-13-15(2)24-21(26-19)23-12-11-16-7-9-17(22)10-8-16/h3-10,13H,11-12H2,1-2H3,(H,25,27)(H,23,24,26). The zero-order chi connectivity index (χ0) is 19.2. The molecule has 1 amide bonds.